The third-order valence-corrected chi connectivity index (χ3v) is 7.83. The van der Waals surface area contributed by atoms with Crippen molar-refractivity contribution >= 4 is 46.5 Å². The zero-order chi connectivity index (χ0) is 33.8. The summed E-state index contributed by atoms with van der Waals surface area (Å²) >= 11 is 6.33. The number of rotatable bonds is 9. The molecule has 1 saturated heterocycles. The number of benzene rings is 2. The van der Waals surface area contributed by atoms with Crippen molar-refractivity contribution in [3.05, 3.63) is 70.9 Å². The van der Waals surface area contributed by atoms with Crippen molar-refractivity contribution in [2.24, 2.45) is 11.5 Å². The second-order valence-electron chi connectivity index (χ2n) is 10.9. The second kappa shape index (κ2) is 14.0. The molecule has 5 N–H and O–H groups in total. The molecule has 2 aromatic heterocycles. The van der Waals surface area contributed by atoms with Crippen LogP contribution in [0.15, 0.2) is 48.9 Å². The number of aryl methyl sites for hydroxylation is 1. The molecule has 0 saturated carbocycles. The lowest BCUT2D eigenvalue weighted by molar-refractivity contribution is -0.169. The van der Waals surface area contributed by atoms with E-state index in [1.165, 1.54) is 12.3 Å². The summed E-state index contributed by atoms with van der Waals surface area (Å²) in [5.41, 5.74) is 14.0. The predicted molar refractivity (Wildman–Crippen MR) is 169 cm³/mol. The number of piperazine rings is 1. The zero-order valence-electron chi connectivity index (χ0n) is 25.4. The molecule has 3 heterocycles. The predicted octanol–water partition coefficient (Wildman–Crippen LogP) is 2.60. The number of anilines is 2. The number of carbonyl (C=O) groups excluding carboxylic acids is 3. The molecule has 0 aliphatic carbocycles. The first-order chi connectivity index (χ1) is 22.5. The van der Waals surface area contributed by atoms with Crippen LogP contribution in [0, 0.1) is 24.1 Å². The first kappa shape index (κ1) is 33.1. The van der Waals surface area contributed by atoms with E-state index in [-0.39, 0.29) is 35.9 Å². The topological polar surface area (TPSA) is 194 Å². The Bertz CT molecular complexity index is 1890. The number of amides is 2. The maximum atomic E-state index is 14.9. The standard InChI is InChI=1S/C31H31ClFN9O5/c1-17-13-19(3-4-20(17)30(44)41-11-10-40(15-18(2)35)24(16-41)47-31(45)27(36)43)39-28-29-38-14-22(42(29)9-8-37-28)21-5-6-23(46-12-7-34)26(33)25(21)32/h3-6,8-9,13-14,18,24H,10-12,15-16,35H2,1-2H3,(H2,36,43)(H,37,39)/t18-,24?/m0/s1. The normalized spacial score (nSPS) is 15.6. The van der Waals surface area contributed by atoms with Gasteiger partial charge in [-0.1, -0.05) is 11.6 Å². The Morgan fingerprint density at radius 3 is 2.72 bits per heavy atom. The van der Waals surface area contributed by atoms with E-state index in [4.69, 9.17) is 37.8 Å². The van der Waals surface area contributed by atoms with Crippen LogP contribution in [0.3, 0.4) is 0 Å². The third kappa shape index (κ3) is 7.09. The molecule has 0 bridgehead atoms. The highest BCUT2D eigenvalue weighted by Crippen LogP contribution is 2.36. The number of nitrogens with one attached hydrogen (secondary N) is 1. The van der Waals surface area contributed by atoms with Crippen molar-refractivity contribution in [1.29, 1.82) is 5.26 Å². The minimum atomic E-state index is -1.22. The number of imidazole rings is 1. The minimum Gasteiger partial charge on any atom is -0.476 e. The van der Waals surface area contributed by atoms with Crippen molar-refractivity contribution < 1.29 is 28.2 Å². The number of hydrogen-bond acceptors (Lipinski definition) is 11. The first-order valence-electron chi connectivity index (χ1n) is 14.5. The number of nitrogens with two attached hydrogens (primary N) is 2. The van der Waals surface area contributed by atoms with Crippen LogP contribution >= 0.6 is 11.6 Å². The van der Waals surface area contributed by atoms with Crippen LogP contribution in [0.1, 0.15) is 22.8 Å². The molecule has 1 fully saturated rings. The average molecular weight is 664 g/mol. The van der Waals surface area contributed by atoms with Crippen LogP contribution in [-0.2, 0) is 14.3 Å². The van der Waals surface area contributed by atoms with Crippen molar-refractivity contribution in [2.75, 3.05) is 38.1 Å². The highest BCUT2D eigenvalue weighted by Gasteiger charge is 2.34. The van der Waals surface area contributed by atoms with E-state index in [2.05, 4.69) is 15.3 Å². The van der Waals surface area contributed by atoms with Crippen LogP contribution in [-0.4, -0.2) is 87.0 Å². The van der Waals surface area contributed by atoms with Gasteiger partial charge in [0.15, 0.2) is 35.9 Å². The fourth-order valence-corrected chi connectivity index (χ4v) is 5.54. The fraction of sp³-hybridized carbons (Fsp3) is 0.290. The van der Waals surface area contributed by atoms with Crippen LogP contribution < -0.4 is 21.5 Å². The Hall–Kier alpha value is -5.30. The number of ether oxygens (including phenoxy) is 2. The smallest absolute Gasteiger partial charge is 0.398 e. The molecule has 1 aliphatic rings. The molecule has 14 nitrogen and oxygen atoms in total. The van der Waals surface area contributed by atoms with Gasteiger partial charge in [-0.25, -0.2) is 19.2 Å². The van der Waals surface area contributed by atoms with E-state index in [1.807, 2.05) is 0 Å². The summed E-state index contributed by atoms with van der Waals surface area (Å²) in [6.45, 7) is 4.43. The number of carbonyl (C=O) groups is 3. The Balaban J connectivity index is 1.34. The molecule has 5 rings (SSSR count). The number of esters is 1. The Labute approximate surface area is 273 Å². The van der Waals surface area contributed by atoms with E-state index < -0.39 is 23.9 Å². The molecule has 1 aliphatic heterocycles. The van der Waals surface area contributed by atoms with Crippen molar-refractivity contribution in [2.45, 2.75) is 26.1 Å². The van der Waals surface area contributed by atoms with E-state index in [0.29, 0.717) is 59.2 Å². The zero-order valence-corrected chi connectivity index (χ0v) is 26.2. The summed E-state index contributed by atoms with van der Waals surface area (Å²) in [5, 5.41) is 11.8. The van der Waals surface area contributed by atoms with Gasteiger partial charge < -0.3 is 31.2 Å². The number of hydrogen-bond donors (Lipinski definition) is 3. The van der Waals surface area contributed by atoms with Gasteiger partial charge in [0.2, 0.25) is 0 Å². The molecule has 244 valence electrons. The lowest BCUT2D eigenvalue weighted by Crippen LogP contribution is -2.58. The van der Waals surface area contributed by atoms with Gasteiger partial charge in [-0.3, -0.25) is 18.9 Å². The molecule has 0 spiro atoms. The van der Waals surface area contributed by atoms with Crippen LogP contribution in [0.2, 0.25) is 5.02 Å². The van der Waals surface area contributed by atoms with Gasteiger partial charge >= 0.3 is 11.9 Å². The maximum absolute atomic E-state index is 14.9. The fourth-order valence-electron chi connectivity index (χ4n) is 5.29. The Morgan fingerprint density at radius 1 is 1.23 bits per heavy atom. The quantitative estimate of drug-likeness (QED) is 0.176. The molecule has 2 aromatic carbocycles. The minimum absolute atomic E-state index is 0.0294. The van der Waals surface area contributed by atoms with Crippen LogP contribution in [0.25, 0.3) is 16.9 Å². The average Bonchev–Trinajstić information content (AvgIpc) is 3.47. The number of halogens is 2. The first-order valence-corrected chi connectivity index (χ1v) is 14.8. The van der Waals surface area contributed by atoms with Gasteiger partial charge in [0.05, 0.1) is 23.5 Å². The van der Waals surface area contributed by atoms with Crippen molar-refractivity contribution in [1.82, 2.24) is 24.2 Å². The van der Waals surface area contributed by atoms with Gasteiger partial charge in [-0.05, 0) is 49.7 Å². The lowest BCUT2D eigenvalue weighted by atomic mass is 10.1. The van der Waals surface area contributed by atoms with Gasteiger partial charge in [0, 0.05) is 54.9 Å². The van der Waals surface area contributed by atoms with Gasteiger partial charge in [0.25, 0.3) is 5.91 Å². The van der Waals surface area contributed by atoms with E-state index in [1.54, 1.807) is 70.8 Å². The van der Waals surface area contributed by atoms with Crippen LogP contribution in [0.5, 0.6) is 5.75 Å². The molecular formula is C31H31ClFN9O5. The molecule has 47 heavy (non-hydrogen) atoms. The highest BCUT2D eigenvalue weighted by molar-refractivity contribution is 6.33. The summed E-state index contributed by atoms with van der Waals surface area (Å²) < 4.78 is 26.9. The summed E-state index contributed by atoms with van der Waals surface area (Å²) in [6.07, 6.45) is 3.86. The van der Waals surface area contributed by atoms with Crippen molar-refractivity contribution in [3.8, 4) is 23.1 Å². The molecule has 1 unspecified atom stereocenters. The summed E-state index contributed by atoms with van der Waals surface area (Å²) in [7, 11) is 0. The lowest BCUT2D eigenvalue weighted by Gasteiger charge is -2.41. The molecule has 16 heteroatoms. The number of nitrogens with zero attached hydrogens (tertiary/aromatic N) is 6. The molecule has 0 radical (unpaired) electrons. The molecule has 2 atom stereocenters. The maximum Gasteiger partial charge on any atom is 0.398 e. The van der Waals surface area contributed by atoms with Crippen LogP contribution in [0.4, 0.5) is 15.9 Å². The summed E-state index contributed by atoms with van der Waals surface area (Å²) in [6, 6.07) is 9.71. The van der Waals surface area contributed by atoms with E-state index in [0.717, 1.165) is 0 Å². The second-order valence-corrected chi connectivity index (χ2v) is 11.3. The molecule has 4 aromatic rings. The molecule has 2 amide bonds. The SMILES string of the molecule is Cc1cc(Nc2nccn3c(-c4ccc(OCC#N)c(F)c4Cl)cnc23)ccc1C(=O)N1CCN(C[C@H](C)N)C(OC(=O)C(N)=O)C1. The third-order valence-electron chi connectivity index (χ3n) is 7.46. The van der Waals surface area contributed by atoms with E-state index >= 15 is 0 Å². The summed E-state index contributed by atoms with van der Waals surface area (Å²) in [4.78, 5) is 49.1. The number of nitriles is 1. The Kier molecular flexibility index (Phi) is 9.85. The largest absolute Gasteiger partial charge is 0.476 e. The van der Waals surface area contributed by atoms with Crippen molar-refractivity contribution in [3.63, 3.8) is 0 Å². The van der Waals surface area contributed by atoms with Gasteiger partial charge in [0.1, 0.15) is 6.07 Å². The van der Waals surface area contributed by atoms with Gasteiger partial charge in [-0.2, -0.15) is 5.26 Å². The van der Waals surface area contributed by atoms with Gasteiger partial charge in [-0.15, -0.1) is 0 Å². The monoisotopic (exact) mass is 663 g/mol. The molecular weight excluding hydrogens is 633 g/mol. The van der Waals surface area contributed by atoms with E-state index in [9.17, 15) is 18.8 Å². The summed E-state index contributed by atoms with van der Waals surface area (Å²) in [5.74, 6) is -3.22. The number of aromatic nitrogens is 3. The Morgan fingerprint density at radius 2 is 2.02 bits per heavy atom. The number of fused-ring (bicyclic) bond motifs is 1. The number of primary amides is 1. The highest BCUT2D eigenvalue weighted by atomic mass is 35.5.